The molecule has 10 heteroatoms. The third-order valence-electron chi connectivity index (χ3n) is 7.48. The van der Waals surface area contributed by atoms with Gasteiger partial charge in [0.15, 0.2) is 0 Å². The fraction of sp³-hybridized carbons (Fsp3) is 0.207. The predicted octanol–water partition coefficient (Wildman–Crippen LogP) is 5.71. The Bertz CT molecular complexity index is 1500. The first-order valence-electron chi connectivity index (χ1n) is 12.3. The maximum absolute atomic E-state index is 13.0. The number of non-ortho nitro benzene ring substituents is 1. The Balaban J connectivity index is 1.05. The van der Waals surface area contributed by atoms with Crippen LogP contribution >= 0.6 is 11.6 Å². The summed E-state index contributed by atoms with van der Waals surface area (Å²) in [5.74, 6) is -0.434. The molecule has 39 heavy (non-hydrogen) atoms. The minimum absolute atomic E-state index is 0.0153. The number of carbonyl (C=O) groups is 3. The third kappa shape index (κ3) is 4.44. The number of amides is 2. The Hall–Kier alpha value is -4.50. The molecular weight excluding hydrogens is 524 g/mol. The molecule has 3 aliphatic rings. The molecule has 0 unspecified atom stereocenters. The second kappa shape index (κ2) is 9.67. The van der Waals surface area contributed by atoms with Gasteiger partial charge >= 0.3 is 5.97 Å². The van der Waals surface area contributed by atoms with E-state index in [0.29, 0.717) is 22.6 Å². The molecule has 2 fully saturated rings. The number of allylic oxidation sites excluding steroid dienone is 2. The van der Waals surface area contributed by atoms with Gasteiger partial charge in [-0.15, -0.1) is 0 Å². The van der Waals surface area contributed by atoms with Crippen molar-refractivity contribution < 1.29 is 28.8 Å². The number of nitro groups is 1. The number of imide groups is 1. The molecule has 6 rings (SSSR count). The number of anilines is 1. The van der Waals surface area contributed by atoms with Crippen LogP contribution in [0.5, 0.6) is 11.5 Å². The van der Waals surface area contributed by atoms with Crippen LogP contribution in [0.1, 0.15) is 22.3 Å². The standard InChI is InChI=1S/C29H21ClN2O7/c30-23-14-21(32(36)37)9-12-24(23)39-22-10-1-16(2-11-22)15-38-29(35)17-5-7-20(8-6-17)31-27(33)25-18-3-4-19(13-18)26(25)28(31)34/h1-12,14,18-19,25-26H,13,15H2/t18-,19-,25-,26-/m0/s1. The summed E-state index contributed by atoms with van der Waals surface area (Å²) in [6, 6.07) is 17.0. The van der Waals surface area contributed by atoms with Gasteiger partial charge in [0.05, 0.1) is 33.0 Å². The zero-order valence-corrected chi connectivity index (χ0v) is 21.1. The molecule has 2 amide bonds. The van der Waals surface area contributed by atoms with Crippen LogP contribution in [0.15, 0.2) is 78.9 Å². The van der Waals surface area contributed by atoms with E-state index in [1.807, 2.05) is 0 Å². The second-order valence-electron chi connectivity index (χ2n) is 9.75. The number of halogens is 1. The highest BCUT2D eigenvalue weighted by atomic mass is 35.5. The number of esters is 1. The lowest BCUT2D eigenvalue weighted by atomic mass is 9.85. The summed E-state index contributed by atoms with van der Waals surface area (Å²) >= 11 is 6.07. The normalized spacial score (nSPS) is 22.7. The summed E-state index contributed by atoms with van der Waals surface area (Å²) in [5, 5.41) is 11.0. The number of ether oxygens (including phenoxy) is 2. The van der Waals surface area contributed by atoms with Crippen LogP contribution in [-0.2, 0) is 20.9 Å². The number of nitro benzene ring substituents is 1. The molecule has 0 N–H and O–H groups in total. The molecule has 4 atom stereocenters. The number of hydrogen-bond donors (Lipinski definition) is 0. The van der Waals surface area contributed by atoms with E-state index in [-0.39, 0.29) is 58.6 Å². The summed E-state index contributed by atoms with van der Waals surface area (Å²) in [4.78, 5) is 50.1. The molecule has 1 heterocycles. The predicted molar refractivity (Wildman–Crippen MR) is 140 cm³/mol. The number of fused-ring (bicyclic) bond motifs is 5. The summed E-state index contributed by atoms with van der Waals surface area (Å²) in [5.41, 5.74) is 1.33. The first-order valence-corrected chi connectivity index (χ1v) is 12.7. The monoisotopic (exact) mass is 544 g/mol. The summed E-state index contributed by atoms with van der Waals surface area (Å²) < 4.78 is 11.1. The Morgan fingerprint density at radius 2 is 1.59 bits per heavy atom. The Kier molecular flexibility index (Phi) is 6.15. The first-order chi connectivity index (χ1) is 18.8. The Morgan fingerprint density at radius 3 is 2.18 bits per heavy atom. The van der Waals surface area contributed by atoms with E-state index in [1.165, 1.54) is 23.1 Å². The van der Waals surface area contributed by atoms with E-state index >= 15 is 0 Å². The Morgan fingerprint density at radius 1 is 0.949 bits per heavy atom. The second-order valence-corrected chi connectivity index (χ2v) is 10.2. The van der Waals surface area contributed by atoms with Gasteiger partial charge in [-0.3, -0.25) is 24.6 Å². The maximum atomic E-state index is 13.0. The van der Waals surface area contributed by atoms with Crippen molar-refractivity contribution in [2.24, 2.45) is 23.7 Å². The van der Waals surface area contributed by atoms with E-state index in [9.17, 15) is 24.5 Å². The van der Waals surface area contributed by atoms with Crippen molar-refractivity contribution in [3.8, 4) is 11.5 Å². The van der Waals surface area contributed by atoms with Crippen LogP contribution in [0.3, 0.4) is 0 Å². The average molecular weight is 545 g/mol. The molecule has 2 aliphatic carbocycles. The van der Waals surface area contributed by atoms with Crippen LogP contribution in [0.25, 0.3) is 0 Å². The summed E-state index contributed by atoms with van der Waals surface area (Å²) in [7, 11) is 0. The molecule has 3 aromatic rings. The molecule has 1 saturated carbocycles. The molecule has 0 aromatic heterocycles. The lowest BCUT2D eigenvalue weighted by Crippen LogP contribution is -2.32. The fourth-order valence-corrected chi connectivity index (χ4v) is 5.82. The molecule has 2 bridgehead atoms. The van der Waals surface area contributed by atoms with Crippen LogP contribution < -0.4 is 9.64 Å². The minimum Gasteiger partial charge on any atom is -0.457 e. The molecule has 1 saturated heterocycles. The highest BCUT2D eigenvalue weighted by Crippen LogP contribution is 2.53. The van der Waals surface area contributed by atoms with Gasteiger partial charge in [0, 0.05) is 12.1 Å². The summed E-state index contributed by atoms with van der Waals surface area (Å²) in [6.07, 6.45) is 4.97. The van der Waals surface area contributed by atoms with Crippen LogP contribution in [0.2, 0.25) is 5.02 Å². The van der Waals surface area contributed by atoms with E-state index in [2.05, 4.69) is 12.2 Å². The first kappa shape index (κ1) is 24.8. The number of hydrogen-bond acceptors (Lipinski definition) is 7. The number of carbonyl (C=O) groups excluding carboxylic acids is 3. The SMILES string of the molecule is O=C(OCc1ccc(Oc2ccc([N+](=O)[O-])cc2Cl)cc1)c1ccc(N2C(=O)[C@@H]3[C@@H](C2=O)[C@H]2C=C[C@H]3C2)cc1. The van der Waals surface area contributed by atoms with Crippen molar-refractivity contribution in [2.45, 2.75) is 13.0 Å². The van der Waals surface area contributed by atoms with Gasteiger partial charge in [-0.05, 0) is 66.3 Å². The quantitative estimate of drug-likeness (QED) is 0.123. The highest BCUT2D eigenvalue weighted by Gasteiger charge is 2.59. The van der Waals surface area contributed by atoms with Crippen LogP contribution in [0, 0.1) is 33.8 Å². The van der Waals surface area contributed by atoms with Crippen LogP contribution in [0.4, 0.5) is 11.4 Å². The minimum atomic E-state index is -0.544. The largest absolute Gasteiger partial charge is 0.457 e. The molecule has 1 aliphatic heterocycles. The smallest absolute Gasteiger partial charge is 0.338 e. The average Bonchev–Trinajstić information content (AvgIpc) is 3.62. The number of benzene rings is 3. The highest BCUT2D eigenvalue weighted by molar-refractivity contribution is 6.32. The van der Waals surface area contributed by atoms with Crippen LogP contribution in [-0.4, -0.2) is 22.7 Å². The molecule has 9 nitrogen and oxygen atoms in total. The van der Waals surface area contributed by atoms with Gasteiger partial charge in [-0.2, -0.15) is 0 Å². The van der Waals surface area contributed by atoms with Gasteiger partial charge in [0.25, 0.3) is 5.69 Å². The lowest BCUT2D eigenvalue weighted by molar-refractivity contribution is -0.384. The van der Waals surface area contributed by atoms with Crippen molar-refractivity contribution in [2.75, 3.05) is 4.90 Å². The fourth-order valence-electron chi connectivity index (χ4n) is 5.60. The third-order valence-corrected chi connectivity index (χ3v) is 7.77. The van der Waals surface area contributed by atoms with E-state index in [0.717, 1.165) is 6.42 Å². The van der Waals surface area contributed by atoms with Crippen molar-refractivity contribution in [1.29, 1.82) is 0 Å². The zero-order chi connectivity index (χ0) is 27.3. The van der Waals surface area contributed by atoms with Gasteiger partial charge in [0.1, 0.15) is 18.1 Å². The van der Waals surface area contributed by atoms with Crippen molar-refractivity contribution in [1.82, 2.24) is 0 Å². The van der Waals surface area contributed by atoms with Gasteiger partial charge < -0.3 is 9.47 Å². The topological polar surface area (TPSA) is 116 Å². The molecule has 0 spiro atoms. The van der Waals surface area contributed by atoms with Gasteiger partial charge in [-0.1, -0.05) is 35.9 Å². The van der Waals surface area contributed by atoms with Crippen molar-refractivity contribution in [3.63, 3.8) is 0 Å². The summed E-state index contributed by atoms with van der Waals surface area (Å²) in [6.45, 7) is 0.0153. The Labute approximate surface area is 227 Å². The van der Waals surface area contributed by atoms with E-state index in [4.69, 9.17) is 21.1 Å². The van der Waals surface area contributed by atoms with Crippen molar-refractivity contribution in [3.05, 3.63) is 105 Å². The van der Waals surface area contributed by atoms with E-state index < -0.39 is 10.9 Å². The number of nitrogens with zero attached hydrogens (tertiary/aromatic N) is 2. The van der Waals surface area contributed by atoms with Gasteiger partial charge in [-0.25, -0.2) is 4.79 Å². The lowest BCUT2D eigenvalue weighted by Gasteiger charge is -2.17. The molecular formula is C29H21ClN2O7. The maximum Gasteiger partial charge on any atom is 0.338 e. The van der Waals surface area contributed by atoms with E-state index in [1.54, 1.807) is 48.5 Å². The molecule has 196 valence electrons. The van der Waals surface area contributed by atoms with Crippen molar-refractivity contribution >= 4 is 40.8 Å². The number of rotatable bonds is 7. The molecule has 0 radical (unpaired) electrons. The zero-order valence-electron chi connectivity index (χ0n) is 20.4. The molecule has 3 aromatic carbocycles. The van der Waals surface area contributed by atoms with Gasteiger partial charge in [0.2, 0.25) is 11.8 Å².